The molecule has 0 saturated heterocycles. The second-order valence-electron chi connectivity index (χ2n) is 4.05. The minimum Gasteiger partial charge on any atom is -0.491 e. The number of pyridine rings is 1. The number of nitrogens with zero attached hydrogens (tertiary/aromatic N) is 1. The predicted octanol–water partition coefficient (Wildman–Crippen LogP) is 2.72. The first-order valence-electron chi connectivity index (χ1n) is 6.04. The number of carbonyl (C=O) groups excluding carboxylic acids is 1. The first-order chi connectivity index (χ1) is 9.65. The summed E-state index contributed by atoms with van der Waals surface area (Å²) in [6.45, 7) is 0.244. The van der Waals surface area contributed by atoms with Crippen molar-refractivity contribution in [1.29, 1.82) is 0 Å². The average Bonchev–Trinajstić information content (AvgIpc) is 2.43. The Morgan fingerprint density at radius 3 is 2.80 bits per heavy atom. The Labute approximate surface area is 121 Å². The molecule has 6 heteroatoms. The Bertz CT molecular complexity index is 587. The highest BCUT2D eigenvalue weighted by Crippen LogP contribution is 2.19. The van der Waals surface area contributed by atoms with Gasteiger partial charge in [0.25, 0.3) is 0 Å². The third-order valence-corrected chi connectivity index (χ3v) is 2.72. The summed E-state index contributed by atoms with van der Waals surface area (Å²) in [6, 6.07) is 10.4. The van der Waals surface area contributed by atoms with Crippen LogP contribution in [0.5, 0.6) is 5.75 Å². The van der Waals surface area contributed by atoms with Crippen LogP contribution in [-0.4, -0.2) is 17.5 Å². The number of aromatic nitrogens is 1. The minimum atomic E-state index is -0.186. The molecule has 0 spiro atoms. The molecule has 0 radical (unpaired) electrons. The summed E-state index contributed by atoms with van der Waals surface area (Å²) in [5, 5.41) is 3.17. The summed E-state index contributed by atoms with van der Waals surface area (Å²) in [4.78, 5) is 15.7. The van der Waals surface area contributed by atoms with E-state index in [9.17, 15) is 4.79 Å². The van der Waals surface area contributed by atoms with Crippen LogP contribution >= 0.6 is 11.6 Å². The number of rotatable bonds is 5. The molecular weight excluding hydrogens is 278 g/mol. The van der Waals surface area contributed by atoms with Gasteiger partial charge < -0.3 is 15.8 Å². The normalized spacial score (nSPS) is 10.1. The maximum atomic E-state index is 11.7. The molecule has 1 aromatic heterocycles. The van der Waals surface area contributed by atoms with Crippen LogP contribution in [0.2, 0.25) is 5.02 Å². The summed E-state index contributed by atoms with van der Waals surface area (Å²) in [7, 11) is 0. The molecule has 1 aromatic carbocycles. The quantitative estimate of drug-likeness (QED) is 0.830. The van der Waals surface area contributed by atoms with E-state index in [0.717, 1.165) is 0 Å². The molecule has 0 bridgehead atoms. The number of hydrogen-bond acceptors (Lipinski definition) is 4. The predicted molar refractivity (Wildman–Crippen MR) is 78.8 cm³/mol. The number of ether oxygens (including phenoxy) is 1. The zero-order chi connectivity index (χ0) is 14.4. The van der Waals surface area contributed by atoms with E-state index in [-0.39, 0.29) is 18.9 Å². The van der Waals surface area contributed by atoms with Gasteiger partial charge in [-0.1, -0.05) is 23.7 Å². The molecule has 2 rings (SSSR count). The van der Waals surface area contributed by atoms with E-state index in [2.05, 4.69) is 10.3 Å². The molecule has 2 aromatic rings. The van der Waals surface area contributed by atoms with Gasteiger partial charge in [0, 0.05) is 6.20 Å². The van der Waals surface area contributed by atoms with Crippen molar-refractivity contribution in [3.63, 3.8) is 0 Å². The highest BCUT2D eigenvalue weighted by atomic mass is 35.5. The van der Waals surface area contributed by atoms with Gasteiger partial charge >= 0.3 is 0 Å². The molecule has 20 heavy (non-hydrogen) atoms. The number of benzene rings is 1. The van der Waals surface area contributed by atoms with Gasteiger partial charge in [0.05, 0.1) is 23.7 Å². The van der Waals surface area contributed by atoms with Gasteiger partial charge in [-0.05, 0) is 24.3 Å². The number of hydrogen-bond donors (Lipinski definition) is 2. The lowest BCUT2D eigenvalue weighted by Gasteiger charge is -2.08. The Morgan fingerprint density at radius 1 is 1.30 bits per heavy atom. The van der Waals surface area contributed by atoms with Gasteiger partial charge in [-0.25, -0.2) is 4.98 Å². The van der Waals surface area contributed by atoms with Gasteiger partial charge in [-0.3, -0.25) is 4.79 Å². The van der Waals surface area contributed by atoms with Crippen molar-refractivity contribution in [1.82, 2.24) is 4.98 Å². The van der Waals surface area contributed by atoms with E-state index in [4.69, 9.17) is 22.1 Å². The molecule has 0 aliphatic heterocycles. The van der Waals surface area contributed by atoms with E-state index < -0.39 is 0 Å². The van der Waals surface area contributed by atoms with Gasteiger partial charge in [-0.15, -0.1) is 0 Å². The first kappa shape index (κ1) is 14.1. The maximum absolute atomic E-state index is 11.7. The second kappa shape index (κ2) is 6.77. The molecule has 1 amide bonds. The number of nitrogens with two attached hydrogens (primary N) is 1. The van der Waals surface area contributed by atoms with Crippen molar-refractivity contribution in [3.8, 4) is 5.75 Å². The minimum absolute atomic E-state index is 0.186. The van der Waals surface area contributed by atoms with Crippen LogP contribution in [0.3, 0.4) is 0 Å². The number of nitrogen functional groups attached to an aromatic ring is 1. The van der Waals surface area contributed by atoms with Crippen molar-refractivity contribution in [2.75, 3.05) is 17.7 Å². The number of halogens is 1. The second-order valence-corrected chi connectivity index (χ2v) is 4.48. The van der Waals surface area contributed by atoms with Crippen LogP contribution in [-0.2, 0) is 4.79 Å². The zero-order valence-electron chi connectivity index (χ0n) is 10.7. The fraction of sp³-hybridized carbons (Fsp3) is 0.143. The Morgan fingerprint density at radius 2 is 2.10 bits per heavy atom. The molecule has 0 unspecified atom stereocenters. The summed E-state index contributed by atoms with van der Waals surface area (Å²) in [6.07, 6.45) is 1.68. The van der Waals surface area contributed by atoms with Crippen molar-refractivity contribution >= 4 is 29.0 Å². The van der Waals surface area contributed by atoms with Crippen LogP contribution in [0.15, 0.2) is 42.6 Å². The molecule has 0 atom stereocenters. The smallest absolute Gasteiger partial charge is 0.228 e. The van der Waals surface area contributed by atoms with E-state index >= 15 is 0 Å². The third-order valence-electron chi connectivity index (χ3n) is 2.50. The number of para-hydroxylation sites is 2. The fourth-order valence-corrected chi connectivity index (χ4v) is 1.63. The van der Waals surface area contributed by atoms with Gasteiger partial charge in [-0.2, -0.15) is 0 Å². The summed E-state index contributed by atoms with van der Waals surface area (Å²) in [5.74, 6) is 0.845. The monoisotopic (exact) mass is 291 g/mol. The van der Waals surface area contributed by atoms with Crippen molar-refractivity contribution < 1.29 is 9.53 Å². The standard InChI is InChI=1S/C14H14ClN3O2/c15-10-5-6-13(17-9-10)18-14(19)7-8-20-12-4-2-1-3-11(12)16/h1-6,9H,7-8,16H2,(H,17,18,19). The van der Waals surface area contributed by atoms with Gasteiger partial charge in [0.2, 0.25) is 5.91 Å². The van der Waals surface area contributed by atoms with E-state index in [1.807, 2.05) is 12.1 Å². The highest BCUT2D eigenvalue weighted by Gasteiger charge is 2.05. The lowest BCUT2D eigenvalue weighted by atomic mass is 10.3. The zero-order valence-corrected chi connectivity index (χ0v) is 11.4. The fourth-order valence-electron chi connectivity index (χ4n) is 1.52. The molecule has 3 N–H and O–H groups in total. The molecule has 0 saturated carbocycles. The first-order valence-corrected chi connectivity index (χ1v) is 6.41. The Hall–Kier alpha value is -2.27. The van der Waals surface area contributed by atoms with Crippen molar-refractivity contribution in [3.05, 3.63) is 47.6 Å². The highest BCUT2D eigenvalue weighted by molar-refractivity contribution is 6.30. The van der Waals surface area contributed by atoms with E-state index in [0.29, 0.717) is 22.3 Å². The largest absolute Gasteiger partial charge is 0.491 e. The molecule has 0 aliphatic rings. The maximum Gasteiger partial charge on any atom is 0.228 e. The summed E-state index contributed by atoms with van der Waals surface area (Å²) in [5.41, 5.74) is 6.28. The van der Waals surface area contributed by atoms with E-state index in [1.54, 1.807) is 24.3 Å². The summed E-state index contributed by atoms with van der Waals surface area (Å²) < 4.78 is 5.44. The van der Waals surface area contributed by atoms with Crippen LogP contribution in [0.1, 0.15) is 6.42 Å². The van der Waals surface area contributed by atoms with Gasteiger partial charge in [0.15, 0.2) is 0 Å². The molecule has 1 heterocycles. The van der Waals surface area contributed by atoms with Crippen molar-refractivity contribution in [2.24, 2.45) is 0 Å². The third kappa shape index (κ3) is 4.13. The lowest BCUT2D eigenvalue weighted by molar-refractivity contribution is -0.116. The number of anilines is 2. The molecule has 104 valence electrons. The van der Waals surface area contributed by atoms with Crippen LogP contribution in [0.4, 0.5) is 11.5 Å². The molecule has 0 fully saturated rings. The topological polar surface area (TPSA) is 77.2 Å². The number of carbonyl (C=O) groups is 1. The summed E-state index contributed by atoms with van der Waals surface area (Å²) >= 11 is 5.71. The lowest BCUT2D eigenvalue weighted by Crippen LogP contribution is -2.16. The SMILES string of the molecule is Nc1ccccc1OCCC(=O)Nc1ccc(Cl)cn1. The Balaban J connectivity index is 1.78. The van der Waals surface area contributed by atoms with Crippen LogP contribution in [0, 0.1) is 0 Å². The molecule has 0 aliphatic carbocycles. The van der Waals surface area contributed by atoms with Crippen molar-refractivity contribution in [2.45, 2.75) is 6.42 Å². The Kier molecular flexibility index (Phi) is 4.79. The number of amides is 1. The van der Waals surface area contributed by atoms with Crippen LogP contribution < -0.4 is 15.8 Å². The molecule has 5 nitrogen and oxygen atoms in total. The van der Waals surface area contributed by atoms with E-state index in [1.165, 1.54) is 6.20 Å². The van der Waals surface area contributed by atoms with Gasteiger partial charge in [0.1, 0.15) is 11.6 Å². The molecular formula is C14H14ClN3O2. The van der Waals surface area contributed by atoms with Crippen LogP contribution in [0.25, 0.3) is 0 Å². The number of nitrogens with one attached hydrogen (secondary N) is 1. The average molecular weight is 292 g/mol.